The molecule has 10 nitrogen and oxygen atoms in total. The molecule has 6 rings (SSSR count). The SMILES string of the molecule is O=C(Nc1ccc2c(=O)[nH]ccc2c1)C1c2ccccc2CCN1C(O)C=Cc1cc(Cl)ccc1-n1cnnn1. The van der Waals surface area contributed by atoms with E-state index in [1.54, 1.807) is 65.7 Å². The summed E-state index contributed by atoms with van der Waals surface area (Å²) in [4.78, 5) is 30.3. The van der Waals surface area contributed by atoms with E-state index in [1.807, 2.05) is 24.3 Å². The number of amides is 1. The van der Waals surface area contributed by atoms with E-state index in [0.717, 1.165) is 11.1 Å². The second kappa shape index (κ2) is 10.9. The average molecular weight is 554 g/mol. The molecule has 1 amide bonds. The summed E-state index contributed by atoms with van der Waals surface area (Å²) in [7, 11) is 0. The van der Waals surface area contributed by atoms with Gasteiger partial charge in [-0.2, -0.15) is 4.68 Å². The van der Waals surface area contributed by atoms with Crippen molar-refractivity contribution in [1.82, 2.24) is 30.1 Å². The van der Waals surface area contributed by atoms with E-state index in [9.17, 15) is 14.7 Å². The molecule has 1 aliphatic heterocycles. The molecule has 0 spiro atoms. The Morgan fingerprint density at radius 1 is 1.15 bits per heavy atom. The fourth-order valence-corrected chi connectivity index (χ4v) is 5.26. The van der Waals surface area contributed by atoms with E-state index in [0.29, 0.717) is 45.7 Å². The number of pyridine rings is 1. The number of H-pyrrole nitrogens is 1. The highest BCUT2D eigenvalue weighted by Crippen LogP contribution is 2.33. The highest BCUT2D eigenvalue weighted by Gasteiger charge is 2.35. The molecule has 2 aromatic heterocycles. The van der Waals surface area contributed by atoms with E-state index in [-0.39, 0.29) is 11.5 Å². The Balaban J connectivity index is 1.31. The number of hydrogen-bond donors (Lipinski definition) is 3. The summed E-state index contributed by atoms with van der Waals surface area (Å²) < 4.78 is 1.51. The van der Waals surface area contributed by atoms with E-state index in [1.165, 1.54) is 11.0 Å². The quantitative estimate of drug-likeness (QED) is 0.292. The molecule has 3 heterocycles. The molecule has 11 heteroatoms. The third-order valence-electron chi connectivity index (χ3n) is 6.98. The molecule has 2 atom stereocenters. The summed E-state index contributed by atoms with van der Waals surface area (Å²) in [6.45, 7) is 0.461. The number of aromatic nitrogens is 5. The molecule has 40 heavy (non-hydrogen) atoms. The monoisotopic (exact) mass is 553 g/mol. The standard InChI is InChI=1S/C29H24ClN7O3/c30-21-6-9-25(37-17-32-34-35-37)20(15-21)5-10-26(38)36-14-12-18-3-1-2-4-23(18)27(36)29(40)33-22-7-8-24-19(16-22)11-13-31-28(24)39/h1-11,13,15-17,26-27,38H,12,14H2,(H,31,39)(H,33,40). The first kappa shape index (κ1) is 25.6. The maximum absolute atomic E-state index is 13.8. The number of hydrogen-bond acceptors (Lipinski definition) is 7. The number of carbonyl (C=O) groups excluding carboxylic acids is 1. The van der Waals surface area contributed by atoms with E-state index >= 15 is 0 Å². The van der Waals surface area contributed by atoms with Crippen molar-refractivity contribution < 1.29 is 9.90 Å². The second-order valence-electron chi connectivity index (χ2n) is 9.42. The van der Waals surface area contributed by atoms with Gasteiger partial charge >= 0.3 is 0 Å². The van der Waals surface area contributed by atoms with E-state index in [4.69, 9.17) is 11.6 Å². The van der Waals surface area contributed by atoms with Gasteiger partial charge in [-0.25, -0.2) is 0 Å². The van der Waals surface area contributed by atoms with Crippen molar-refractivity contribution in [3.63, 3.8) is 0 Å². The summed E-state index contributed by atoms with van der Waals surface area (Å²) in [5.41, 5.74) is 3.63. The van der Waals surface area contributed by atoms with Crippen LogP contribution in [0.2, 0.25) is 5.02 Å². The lowest BCUT2D eigenvalue weighted by Gasteiger charge is -2.38. The van der Waals surface area contributed by atoms with Crippen LogP contribution in [0.3, 0.4) is 0 Å². The van der Waals surface area contributed by atoms with Gasteiger partial charge in [0.05, 0.1) is 5.69 Å². The van der Waals surface area contributed by atoms with Gasteiger partial charge in [-0.05, 0) is 81.9 Å². The van der Waals surface area contributed by atoms with Crippen LogP contribution in [0.15, 0.2) is 90.1 Å². The number of aliphatic hydroxyl groups excluding tert-OH is 1. The van der Waals surface area contributed by atoms with Crippen LogP contribution in [-0.4, -0.2) is 53.9 Å². The zero-order valence-corrected chi connectivity index (χ0v) is 21.9. The fourth-order valence-electron chi connectivity index (χ4n) is 5.08. The Kier molecular flexibility index (Phi) is 6.95. The minimum atomic E-state index is -1.08. The average Bonchev–Trinajstić information content (AvgIpc) is 3.50. The highest BCUT2D eigenvalue weighted by molar-refractivity contribution is 6.30. The van der Waals surface area contributed by atoms with E-state index in [2.05, 4.69) is 25.8 Å². The molecule has 0 aliphatic carbocycles. The number of anilines is 1. The van der Waals surface area contributed by atoms with Crippen LogP contribution < -0.4 is 10.9 Å². The van der Waals surface area contributed by atoms with Gasteiger partial charge in [0.1, 0.15) is 18.6 Å². The van der Waals surface area contributed by atoms with Crippen molar-refractivity contribution >= 4 is 40.0 Å². The zero-order chi connectivity index (χ0) is 27.6. The number of nitrogens with one attached hydrogen (secondary N) is 2. The third kappa shape index (κ3) is 5.03. The molecule has 0 saturated heterocycles. The van der Waals surface area contributed by atoms with Crippen LogP contribution in [0.1, 0.15) is 22.7 Å². The predicted octanol–water partition coefficient (Wildman–Crippen LogP) is 3.73. The van der Waals surface area contributed by atoms with Crippen LogP contribution in [0.5, 0.6) is 0 Å². The van der Waals surface area contributed by atoms with Gasteiger partial charge < -0.3 is 15.4 Å². The van der Waals surface area contributed by atoms with Crippen molar-refractivity contribution in [2.24, 2.45) is 0 Å². The second-order valence-corrected chi connectivity index (χ2v) is 9.85. The van der Waals surface area contributed by atoms with Crippen molar-refractivity contribution in [2.75, 3.05) is 11.9 Å². The molecular formula is C29H24ClN7O3. The van der Waals surface area contributed by atoms with Crippen molar-refractivity contribution in [2.45, 2.75) is 18.7 Å². The molecule has 3 N–H and O–H groups in total. The van der Waals surface area contributed by atoms with Gasteiger partial charge in [0.25, 0.3) is 5.56 Å². The molecule has 1 aliphatic rings. The first-order valence-electron chi connectivity index (χ1n) is 12.6. The number of halogens is 1. The Labute approximate surface area is 233 Å². The van der Waals surface area contributed by atoms with Gasteiger partial charge in [-0.3, -0.25) is 14.5 Å². The molecule has 5 aromatic rings. The minimum absolute atomic E-state index is 0.194. The van der Waals surface area contributed by atoms with Crippen LogP contribution >= 0.6 is 11.6 Å². The Bertz CT molecular complexity index is 1780. The number of tetrazole rings is 1. The Morgan fingerprint density at radius 2 is 2.02 bits per heavy atom. The molecule has 0 bridgehead atoms. The number of nitrogens with zero attached hydrogens (tertiary/aromatic N) is 5. The number of benzene rings is 3. The normalized spacial score (nSPS) is 16.2. The van der Waals surface area contributed by atoms with Gasteiger partial charge in [-0.1, -0.05) is 41.9 Å². The van der Waals surface area contributed by atoms with Crippen LogP contribution in [0.25, 0.3) is 22.5 Å². The van der Waals surface area contributed by atoms with Crippen LogP contribution in [0.4, 0.5) is 5.69 Å². The van der Waals surface area contributed by atoms with Crippen molar-refractivity contribution in [1.29, 1.82) is 0 Å². The van der Waals surface area contributed by atoms with Crippen LogP contribution in [0, 0.1) is 0 Å². The fraction of sp³-hybridized carbons (Fsp3) is 0.138. The number of aliphatic hydroxyl groups is 1. The summed E-state index contributed by atoms with van der Waals surface area (Å²) in [6, 6.07) is 19.2. The third-order valence-corrected chi connectivity index (χ3v) is 7.22. The van der Waals surface area contributed by atoms with Gasteiger partial charge in [-0.15, -0.1) is 5.10 Å². The van der Waals surface area contributed by atoms with Gasteiger partial charge in [0.2, 0.25) is 5.91 Å². The molecule has 0 radical (unpaired) electrons. The molecular weight excluding hydrogens is 530 g/mol. The highest BCUT2D eigenvalue weighted by atomic mass is 35.5. The number of rotatable bonds is 6. The summed E-state index contributed by atoms with van der Waals surface area (Å²) >= 11 is 6.25. The van der Waals surface area contributed by atoms with E-state index < -0.39 is 12.3 Å². The molecule has 200 valence electrons. The molecule has 3 aromatic carbocycles. The first-order valence-corrected chi connectivity index (χ1v) is 13.0. The number of carbonyl (C=O) groups is 1. The molecule has 0 fully saturated rings. The lowest BCUT2D eigenvalue weighted by molar-refractivity contribution is -0.125. The predicted molar refractivity (Wildman–Crippen MR) is 152 cm³/mol. The number of fused-ring (bicyclic) bond motifs is 2. The summed E-state index contributed by atoms with van der Waals surface area (Å²) in [5, 5.41) is 27.4. The smallest absolute Gasteiger partial charge is 0.255 e. The summed E-state index contributed by atoms with van der Waals surface area (Å²) in [6.07, 6.45) is 6.00. The lowest BCUT2D eigenvalue weighted by atomic mass is 9.91. The Morgan fingerprint density at radius 3 is 2.88 bits per heavy atom. The maximum atomic E-state index is 13.8. The largest absolute Gasteiger partial charge is 0.375 e. The maximum Gasteiger partial charge on any atom is 0.255 e. The lowest BCUT2D eigenvalue weighted by Crippen LogP contribution is -2.46. The minimum Gasteiger partial charge on any atom is -0.375 e. The van der Waals surface area contributed by atoms with Crippen molar-refractivity contribution in [3.8, 4) is 5.69 Å². The summed E-state index contributed by atoms with van der Waals surface area (Å²) in [5.74, 6) is -0.291. The molecule has 2 unspecified atom stereocenters. The van der Waals surface area contributed by atoms with Gasteiger partial charge in [0.15, 0.2) is 0 Å². The first-order chi connectivity index (χ1) is 19.5. The van der Waals surface area contributed by atoms with Gasteiger partial charge in [0, 0.05) is 34.4 Å². The number of aromatic amines is 1. The Hall–Kier alpha value is -4.64. The topological polar surface area (TPSA) is 129 Å². The van der Waals surface area contributed by atoms with Crippen LogP contribution in [-0.2, 0) is 11.2 Å². The zero-order valence-electron chi connectivity index (χ0n) is 21.1. The molecule has 0 saturated carbocycles. The van der Waals surface area contributed by atoms with Crippen molar-refractivity contribution in [3.05, 3.63) is 117 Å².